The van der Waals surface area contributed by atoms with Crippen molar-refractivity contribution in [3.05, 3.63) is 58.0 Å². The number of sulfone groups is 1. The summed E-state index contributed by atoms with van der Waals surface area (Å²) in [6.45, 7) is 3.80. The first-order valence-electron chi connectivity index (χ1n) is 8.35. The van der Waals surface area contributed by atoms with Crippen molar-refractivity contribution in [3.63, 3.8) is 0 Å². The molecular formula is C19H21N3O4S. The molecule has 0 unspecified atom stereocenters. The van der Waals surface area contributed by atoms with E-state index in [1.807, 2.05) is 19.9 Å². The molecule has 1 N–H and O–H groups in total. The third-order valence-corrected chi connectivity index (χ3v) is 6.04. The SMILES string of the molecule is Cc1cc(C)cc(NC(=O)CS(=O)(=O)c2ccc3c(c2)n(C)c(=O)n3C)c1. The predicted molar refractivity (Wildman–Crippen MR) is 105 cm³/mol. The molecule has 0 saturated carbocycles. The second-order valence-electron chi connectivity index (χ2n) is 6.73. The van der Waals surface area contributed by atoms with Crippen molar-refractivity contribution in [3.8, 4) is 0 Å². The van der Waals surface area contributed by atoms with E-state index < -0.39 is 21.5 Å². The van der Waals surface area contributed by atoms with Crippen LogP contribution in [0.1, 0.15) is 11.1 Å². The Labute approximate surface area is 157 Å². The summed E-state index contributed by atoms with van der Waals surface area (Å²) in [7, 11) is -0.650. The number of nitrogens with one attached hydrogen (secondary N) is 1. The van der Waals surface area contributed by atoms with E-state index in [1.165, 1.54) is 21.3 Å². The molecule has 7 nitrogen and oxygen atoms in total. The highest BCUT2D eigenvalue weighted by Crippen LogP contribution is 2.19. The summed E-state index contributed by atoms with van der Waals surface area (Å²) in [6.07, 6.45) is 0. The predicted octanol–water partition coefficient (Wildman–Crippen LogP) is 1.91. The zero-order valence-electron chi connectivity index (χ0n) is 15.6. The number of aromatic nitrogens is 2. The summed E-state index contributed by atoms with van der Waals surface area (Å²) < 4.78 is 28.1. The molecule has 0 radical (unpaired) electrons. The Morgan fingerprint density at radius 3 is 2.19 bits per heavy atom. The van der Waals surface area contributed by atoms with Crippen molar-refractivity contribution in [1.29, 1.82) is 0 Å². The Kier molecular flexibility index (Phi) is 4.69. The maximum Gasteiger partial charge on any atom is 0.328 e. The lowest BCUT2D eigenvalue weighted by Crippen LogP contribution is -2.23. The number of hydrogen-bond acceptors (Lipinski definition) is 4. The van der Waals surface area contributed by atoms with Crippen molar-refractivity contribution in [2.24, 2.45) is 14.1 Å². The van der Waals surface area contributed by atoms with E-state index in [0.29, 0.717) is 16.7 Å². The van der Waals surface area contributed by atoms with Crippen LogP contribution < -0.4 is 11.0 Å². The van der Waals surface area contributed by atoms with Gasteiger partial charge in [-0.1, -0.05) is 6.07 Å². The maximum absolute atomic E-state index is 12.7. The van der Waals surface area contributed by atoms with Crippen LogP contribution in [0.3, 0.4) is 0 Å². The molecule has 0 spiro atoms. The van der Waals surface area contributed by atoms with Gasteiger partial charge in [0.05, 0.1) is 15.9 Å². The first kappa shape index (κ1) is 18.9. The molecule has 2 aromatic carbocycles. The molecule has 27 heavy (non-hydrogen) atoms. The third kappa shape index (κ3) is 3.66. The van der Waals surface area contributed by atoms with Crippen LogP contribution in [0, 0.1) is 13.8 Å². The Balaban J connectivity index is 1.88. The molecule has 142 valence electrons. The van der Waals surface area contributed by atoms with Gasteiger partial charge >= 0.3 is 5.69 Å². The minimum atomic E-state index is -3.85. The van der Waals surface area contributed by atoms with Crippen LogP contribution in [0.5, 0.6) is 0 Å². The highest BCUT2D eigenvalue weighted by Gasteiger charge is 2.21. The maximum atomic E-state index is 12.7. The molecule has 0 aliphatic carbocycles. The van der Waals surface area contributed by atoms with Crippen LogP contribution in [0.25, 0.3) is 11.0 Å². The lowest BCUT2D eigenvalue weighted by atomic mass is 10.1. The first-order chi connectivity index (χ1) is 12.6. The second-order valence-corrected chi connectivity index (χ2v) is 8.72. The van der Waals surface area contributed by atoms with Gasteiger partial charge in [-0.25, -0.2) is 13.2 Å². The second kappa shape index (κ2) is 6.70. The van der Waals surface area contributed by atoms with Gasteiger partial charge in [0.25, 0.3) is 0 Å². The van der Waals surface area contributed by atoms with Crippen LogP contribution >= 0.6 is 0 Å². The summed E-state index contributed by atoms with van der Waals surface area (Å²) in [6, 6.07) is 9.95. The number of rotatable bonds is 4. The number of amides is 1. The summed E-state index contributed by atoms with van der Waals surface area (Å²) >= 11 is 0. The largest absolute Gasteiger partial charge is 0.328 e. The van der Waals surface area contributed by atoms with Gasteiger partial charge in [0.15, 0.2) is 9.84 Å². The highest BCUT2D eigenvalue weighted by molar-refractivity contribution is 7.92. The Morgan fingerprint density at radius 2 is 1.56 bits per heavy atom. The van der Waals surface area contributed by atoms with E-state index in [0.717, 1.165) is 11.1 Å². The van der Waals surface area contributed by atoms with Crippen molar-refractivity contribution < 1.29 is 13.2 Å². The molecule has 0 bridgehead atoms. The van der Waals surface area contributed by atoms with E-state index in [4.69, 9.17) is 0 Å². The molecule has 0 fully saturated rings. The number of aryl methyl sites for hydroxylation is 4. The molecule has 0 atom stereocenters. The number of benzene rings is 2. The summed E-state index contributed by atoms with van der Waals surface area (Å²) in [4.78, 5) is 24.3. The van der Waals surface area contributed by atoms with Gasteiger partial charge in [-0.05, 0) is 55.3 Å². The summed E-state index contributed by atoms with van der Waals surface area (Å²) in [5, 5.41) is 2.63. The lowest BCUT2D eigenvalue weighted by molar-refractivity contribution is -0.113. The number of nitrogens with zero attached hydrogens (tertiary/aromatic N) is 2. The highest BCUT2D eigenvalue weighted by atomic mass is 32.2. The molecule has 0 aliphatic heterocycles. The fraction of sp³-hybridized carbons (Fsp3) is 0.263. The number of anilines is 1. The van der Waals surface area contributed by atoms with Gasteiger partial charge in [-0.2, -0.15) is 0 Å². The smallest absolute Gasteiger partial charge is 0.325 e. The average Bonchev–Trinajstić information content (AvgIpc) is 2.77. The molecule has 3 aromatic rings. The van der Waals surface area contributed by atoms with Crippen molar-refractivity contribution in [2.45, 2.75) is 18.7 Å². The number of hydrogen-bond donors (Lipinski definition) is 1. The molecule has 0 aliphatic rings. The zero-order valence-corrected chi connectivity index (χ0v) is 16.4. The Morgan fingerprint density at radius 1 is 0.963 bits per heavy atom. The van der Waals surface area contributed by atoms with Gasteiger partial charge in [0.1, 0.15) is 5.75 Å². The van der Waals surface area contributed by atoms with E-state index in [1.54, 1.807) is 32.3 Å². The van der Waals surface area contributed by atoms with Gasteiger partial charge < -0.3 is 5.32 Å². The van der Waals surface area contributed by atoms with Gasteiger partial charge in [0, 0.05) is 19.8 Å². The third-order valence-electron chi connectivity index (χ3n) is 4.43. The monoisotopic (exact) mass is 387 g/mol. The molecule has 1 amide bonds. The standard InChI is InChI=1S/C19H21N3O4S/c1-12-7-13(2)9-14(8-12)20-18(23)11-27(25,26)15-5-6-16-17(10-15)22(4)19(24)21(16)3/h5-10H,11H2,1-4H3,(H,20,23). The van der Waals surface area contributed by atoms with Crippen molar-refractivity contribution in [2.75, 3.05) is 11.1 Å². The topological polar surface area (TPSA) is 90.2 Å². The van der Waals surface area contributed by atoms with Gasteiger partial charge in [-0.3, -0.25) is 13.9 Å². The van der Waals surface area contributed by atoms with E-state index in [2.05, 4.69) is 5.32 Å². The quantitative estimate of drug-likeness (QED) is 0.740. The van der Waals surface area contributed by atoms with Gasteiger partial charge in [-0.15, -0.1) is 0 Å². The van der Waals surface area contributed by atoms with Crippen LogP contribution in [-0.2, 0) is 28.7 Å². The van der Waals surface area contributed by atoms with Crippen LogP contribution in [0.15, 0.2) is 46.1 Å². The molecule has 0 saturated heterocycles. The molecule has 1 aromatic heterocycles. The van der Waals surface area contributed by atoms with Crippen LogP contribution in [0.4, 0.5) is 5.69 Å². The van der Waals surface area contributed by atoms with Gasteiger partial charge in [0.2, 0.25) is 5.91 Å². The number of carbonyl (C=O) groups is 1. The molecule has 1 heterocycles. The molecule has 3 rings (SSSR count). The fourth-order valence-electron chi connectivity index (χ4n) is 3.18. The summed E-state index contributed by atoms with van der Waals surface area (Å²) in [5.74, 6) is -1.28. The Hall–Kier alpha value is -2.87. The van der Waals surface area contributed by atoms with E-state index in [-0.39, 0.29) is 10.6 Å². The van der Waals surface area contributed by atoms with E-state index >= 15 is 0 Å². The summed E-state index contributed by atoms with van der Waals surface area (Å²) in [5.41, 5.74) is 3.40. The fourth-order valence-corrected chi connectivity index (χ4v) is 4.33. The van der Waals surface area contributed by atoms with Crippen LogP contribution in [0.2, 0.25) is 0 Å². The lowest BCUT2D eigenvalue weighted by Gasteiger charge is -2.09. The molecular weight excluding hydrogens is 366 g/mol. The normalized spacial score (nSPS) is 11.7. The number of fused-ring (bicyclic) bond motifs is 1. The first-order valence-corrected chi connectivity index (χ1v) is 10.00. The zero-order chi connectivity index (χ0) is 19.9. The number of carbonyl (C=O) groups excluding carboxylic acids is 1. The van der Waals surface area contributed by atoms with Crippen molar-refractivity contribution >= 4 is 32.5 Å². The molecule has 8 heteroatoms. The Bertz CT molecular complexity index is 1200. The van der Waals surface area contributed by atoms with E-state index in [9.17, 15) is 18.0 Å². The average molecular weight is 387 g/mol. The number of imidazole rings is 1. The van der Waals surface area contributed by atoms with Crippen LogP contribution in [-0.4, -0.2) is 29.2 Å². The minimum absolute atomic E-state index is 0.00627. The minimum Gasteiger partial charge on any atom is -0.325 e. The van der Waals surface area contributed by atoms with Crippen molar-refractivity contribution in [1.82, 2.24) is 9.13 Å².